The van der Waals surface area contributed by atoms with Crippen molar-refractivity contribution >= 4 is 29.5 Å². The summed E-state index contributed by atoms with van der Waals surface area (Å²) in [5.74, 6) is -2.70. The maximum Gasteiger partial charge on any atom is 0.325 e. The van der Waals surface area contributed by atoms with Gasteiger partial charge in [-0.05, 0) is 48.7 Å². The fourth-order valence-corrected chi connectivity index (χ4v) is 4.42. The van der Waals surface area contributed by atoms with Crippen LogP contribution >= 0.6 is 0 Å². The first-order valence-electron chi connectivity index (χ1n) is 11.7. The summed E-state index contributed by atoms with van der Waals surface area (Å²) in [6.07, 6.45) is 3.53. The SMILES string of the molecule is CCC(NC(=O)N1C(=O)[C@H](Cc2ccnc(N)c2)[C@H]1C(=O)N(C)c1ccn(C)n1)c1cc(F)ccc1F. The molecule has 194 valence electrons. The number of likely N-dealkylation sites (N-methyl/N-ethyl adjacent to an activating group) is 1. The predicted octanol–water partition coefficient (Wildman–Crippen LogP) is 2.57. The van der Waals surface area contributed by atoms with Gasteiger partial charge in [0, 0.05) is 38.1 Å². The first kappa shape index (κ1) is 25.7. The Morgan fingerprint density at radius 1 is 1.22 bits per heavy atom. The van der Waals surface area contributed by atoms with Crippen molar-refractivity contribution in [1.82, 2.24) is 25.0 Å². The van der Waals surface area contributed by atoms with Crippen molar-refractivity contribution in [1.29, 1.82) is 0 Å². The number of carbonyl (C=O) groups excluding carboxylic acids is 3. The van der Waals surface area contributed by atoms with E-state index in [1.807, 2.05) is 0 Å². The number of β-lactam (4-membered cyclic amide) rings is 1. The minimum Gasteiger partial charge on any atom is -0.384 e. The molecule has 3 heterocycles. The number of urea groups is 1. The number of halogens is 2. The van der Waals surface area contributed by atoms with Gasteiger partial charge in [-0.2, -0.15) is 5.10 Å². The lowest BCUT2D eigenvalue weighted by Crippen LogP contribution is -2.70. The molecule has 4 amide bonds. The van der Waals surface area contributed by atoms with Crippen LogP contribution < -0.4 is 16.0 Å². The highest BCUT2D eigenvalue weighted by molar-refractivity contribution is 6.12. The number of anilines is 2. The number of hydrogen-bond donors (Lipinski definition) is 2. The summed E-state index contributed by atoms with van der Waals surface area (Å²) in [6, 6.07) is 4.90. The highest BCUT2D eigenvalue weighted by Gasteiger charge is 2.55. The molecule has 37 heavy (non-hydrogen) atoms. The molecular formula is C25H27F2N7O3. The Morgan fingerprint density at radius 2 is 1.97 bits per heavy atom. The number of nitrogens with zero attached hydrogens (tertiary/aromatic N) is 5. The van der Waals surface area contributed by atoms with Crippen molar-refractivity contribution in [3.63, 3.8) is 0 Å². The first-order valence-corrected chi connectivity index (χ1v) is 11.7. The summed E-state index contributed by atoms with van der Waals surface area (Å²) in [4.78, 5) is 46.0. The largest absolute Gasteiger partial charge is 0.384 e. The van der Waals surface area contributed by atoms with E-state index in [-0.39, 0.29) is 24.2 Å². The Hall–Kier alpha value is -4.35. The van der Waals surface area contributed by atoms with Gasteiger partial charge < -0.3 is 11.1 Å². The van der Waals surface area contributed by atoms with E-state index in [9.17, 15) is 23.2 Å². The van der Waals surface area contributed by atoms with Gasteiger partial charge in [0.05, 0.1) is 12.0 Å². The van der Waals surface area contributed by atoms with E-state index in [1.54, 1.807) is 38.4 Å². The Morgan fingerprint density at radius 3 is 2.62 bits per heavy atom. The minimum atomic E-state index is -1.15. The van der Waals surface area contributed by atoms with Crippen LogP contribution in [-0.4, -0.2) is 50.6 Å². The summed E-state index contributed by atoms with van der Waals surface area (Å²) in [6.45, 7) is 1.68. The highest BCUT2D eigenvalue weighted by atomic mass is 19.1. The molecule has 3 atom stereocenters. The van der Waals surface area contributed by atoms with Crippen LogP contribution in [0, 0.1) is 17.6 Å². The molecule has 10 nitrogen and oxygen atoms in total. The zero-order chi connectivity index (χ0) is 26.9. The van der Waals surface area contributed by atoms with Gasteiger partial charge in [0.15, 0.2) is 5.82 Å². The lowest BCUT2D eigenvalue weighted by Gasteiger charge is -2.45. The Balaban J connectivity index is 1.61. The maximum atomic E-state index is 14.4. The summed E-state index contributed by atoms with van der Waals surface area (Å²) >= 11 is 0. The molecule has 1 aromatic carbocycles. The van der Waals surface area contributed by atoms with Gasteiger partial charge >= 0.3 is 6.03 Å². The van der Waals surface area contributed by atoms with Crippen molar-refractivity contribution in [3.8, 4) is 0 Å². The minimum absolute atomic E-state index is 0.0545. The molecule has 0 bridgehead atoms. The van der Waals surface area contributed by atoms with Crippen LogP contribution in [0.15, 0.2) is 48.8 Å². The van der Waals surface area contributed by atoms with Gasteiger partial charge in [-0.1, -0.05) is 6.92 Å². The number of rotatable bonds is 7. The van der Waals surface area contributed by atoms with Gasteiger partial charge in [-0.25, -0.2) is 18.6 Å². The average Bonchev–Trinajstić information content (AvgIpc) is 3.31. The first-order chi connectivity index (χ1) is 17.6. The van der Waals surface area contributed by atoms with E-state index in [4.69, 9.17) is 5.73 Å². The topological polar surface area (TPSA) is 126 Å². The second kappa shape index (κ2) is 10.3. The number of nitrogen functional groups attached to an aromatic ring is 1. The standard InChI is InChI=1S/C25H27F2N7O3/c1-4-19(16-13-15(26)5-6-18(16)27)30-25(37)34-22(24(36)33(3)21-8-10-32(2)31-21)17(23(34)35)11-14-7-9-29-20(28)12-14/h5-10,12-13,17,19,22H,4,11H2,1-3H3,(H2,28,29)(H,30,37)/t17-,19?,22+/m1/s1. The van der Waals surface area contributed by atoms with E-state index >= 15 is 0 Å². The normalized spacial score (nSPS) is 17.8. The second-order valence-corrected chi connectivity index (χ2v) is 8.87. The summed E-state index contributed by atoms with van der Waals surface area (Å²) < 4.78 is 29.7. The number of aromatic nitrogens is 3. The van der Waals surface area contributed by atoms with E-state index < -0.39 is 47.5 Å². The van der Waals surface area contributed by atoms with E-state index in [0.29, 0.717) is 11.4 Å². The molecule has 1 aliphatic heterocycles. The van der Waals surface area contributed by atoms with Crippen LogP contribution in [0.5, 0.6) is 0 Å². The molecule has 1 fully saturated rings. The number of aryl methyl sites for hydroxylation is 1. The summed E-state index contributed by atoms with van der Waals surface area (Å²) in [5.41, 5.74) is 6.38. The summed E-state index contributed by atoms with van der Waals surface area (Å²) in [5, 5.41) is 6.80. The molecule has 3 N–H and O–H groups in total. The third-order valence-corrected chi connectivity index (χ3v) is 6.40. The van der Waals surface area contributed by atoms with Crippen molar-refractivity contribution in [2.24, 2.45) is 13.0 Å². The third kappa shape index (κ3) is 5.13. The van der Waals surface area contributed by atoms with Crippen LogP contribution in [0.25, 0.3) is 0 Å². The van der Waals surface area contributed by atoms with Crippen LogP contribution in [0.2, 0.25) is 0 Å². The molecular weight excluding hydrogens is 484 g/mol. The number of amides is 4. The van der Waals surface area contributed by atoms with Crippen LogP contribution in [0.1, 0.15) is 30.5 Å². The van der Waals surface area contributed by atoms with E-state index in [2.05, 4.69) is 15.4 Å². The number of benzene rings is 1. The molecule has 12 heteroatoms. The molecule has 3 aromatic rings. The number of nitrogens with one attached hydrogen (secondary N) is 1. The molecule has 0 radical (unpaired) electrons. The molecule has 1 saturated heterocycles. The molecule has 1 unspecified atom stereocenters. The van der Waals surface area contributed by atoms with Gasteiger partial charge in [-0.3, -0.25) is 24.1 Å². The number of pyridine rings is 1. The maximum absolute atomic E-state index is 14.4. The number of likely N-dealkylation sites (tertiary alicyclic amines) is 1. The smallest absolute Gasteiger partial charge is 0.325 e. The third-order valence-electron chi connectivity index (χ3n) is 6.40. The van der Waals surface area contributed by atoms with Crippen molar-refractivity contribution in [3.05, 3.63) is 71.6 Å². The van der Waals surface area contributed by atoms with Gasteiger partial charge in [0.1, 0.15) is 23.5 Å². The second-order valence-electron chi connectivity index (χ2n) is 8.87. The zero-order valence-electron chi connectivity index (χ0n) is 20.6. The number of hydrogen-bond acceptors (Lipinski definition) is 6. The highest BCUT2D eigenvalue weighted by Crippen LogP contribution is 2.33. The predicted molar refractivity (Wildman–Crippen MR) is 131 cm³/mol. The Kier molecular flexibility index (Phi) is 7.18. The monoisotopic (exact) mass is 511 g/mol. The zero-order valence-corrected chi connectivity index (χ0v) is 20.6. The van der Waals surface area contributed by atoms with Crippen molar-refractivity contribution in [2.75, 3.05) is 17.7 Å². The van der Waals surface area contributed by atoms with E-state index in [1.165, 1.54) is 22.8 Å². The van der Waals surface area contributed by atoms with Gasteiger partial charge in [-0.15, -0.1) is 0 Å². The van der Waals surface area contributed by atoms with Crippen molar-refractivity contribution < 1.29 is 23.2 Å². The Bertz CT molecular complexity index is 1350. The fraction of sp³-hybridized carbons (Fsp3) is 0.320. The average molecular weight is 512 g/mol. The molecule has 1 aliphatic rings. The number of imide groups is 1. The van der Waals surface area contributed by atoms with Crippen molar-refractivity contribution in [2.45, 2.75) is 31.8 Å². The lowest BCUT2D eigenvalue weighted by molar-refractivity contribution is -0.156. The fourth-order valence-electron chi connectivity index (χ4n) is 4.42. The van der Waals surface area contributed by atoms with Gasteiger partial charge in [0.25, 0.3) is 5.91 Å². The van der Waals surface area contributed by atoms with Crippen LogP contribution in [0.3, 0.4) is 0 Å². The molecule has 2 aromatic heterocycles. The summed E-state index contributed by atoms with van der Waals surface area (Å²) in [7, 11) is 3.20. The lowest BCUT2D eigenvalue weighted by atomic mass is 9.81. The van der Waals surface area contributed by atoms with Crippen LogP contribution in [-0.2, 0) is 23.1 Å². The molecule has 0 aliphatic carbocycles. The van der Waals surface area contributed by atoms with Gasteiger partial charge in [0.2, 0.25) is 5.91 Å². The Labute approximate surface area is 212 Å². The van der Waals surface area contributed by atoms with Crippen LogP contribution in [0.4, 0.5) is 25.2 Å². The number of carbonyl (C=O) groups is 3. The molecule has 0 saturated carbocycles. The molecule has 0 spiro atoms. The van der Waals surface area contributed by atoms with E-state index in [0.717, 1.165) is 23.1 Å². The quantitative estimate of drug-likeness (QED) is 0.470. The number of nitrogens with two attached hydrogens (primary N) is 1. The molecule has 4 rings (SSSR count).